The van der Waals surface area contributed by atoms with E-state index >= 15 is 0 Å². The number of rotatable bonds is 47. The van der Waals surface area contributed by atoms with Crippen LogP contribution in [0.4, 0.5) is 0 Å². The van der Waals surface area contributed by atoms with Crippen molar-refractivity contribution in [2.45, 2.75) is 270 Å². The molecule has 0 aromatic carbocycles. The fourth-order valence-electron chi connectivity index (χ4n) is 7.61. The highest BCUT2D eigenvalue weighted by Crippen LogP contribution is 2.43. The summed E-state index contributed by atoms with van der Waals surface area (Å²) in [5.74, 6) is -0.188. The second kappa shape index (κ2) is 44.8. The van der Waals surface area contributed by atoms with Crippen molar-refractivity contribution in [1.82, 2.24) is 5.32 Å². The number of unbranched alkanes of at least 4 members (excludes halogenated alkanes) is 35. The Balaban J connectivity index is 4.06. The summed E-state index contributed by atoms with van der Waals surface area (Å²) in [6, 6.07) is -0.855. The lowest BCUT2D eigenvalue weighted by Gasteiger charge is -2.23. The van der Waals surface area contributed by atoms with Gasteiger partial charge in [-0.15, -0.1) is 0 Å². The number of aliphatic hydroxyl groups excluding tert-OH is 1. The Morgan fingerprint density at radius 2 is 0.895 bits per heavy atom. The minimum Gasteiger partial charge on any atom is -0.387 e. The summed E-state index contributed by atoms with van der Waals surface area (Å²) in [5, 5.41) is 13.7. The van der Waals surface area contributed by atoms with Gasteiger partial charge in [-0.3, -0.25) is 13.8 Å². The third-order valence-corrected chi connectivity index (χ3v) is 12.3. The third-order valence-electron chi connectivity index (χ3n) is 11.4. The second-order valence-electron chi connectivity index (χ2n) is 17.0. The zero-order valence-electron chi connectivity index (χ0n) is 37.9. The normalized spacial score (nSPS) is 14.0. The van der Waals surface area contributed by atoms with E-state index in [-0.39, 0.29) is 25.7 Å². The minimum atomic E-state index is -4.34. The molecule has 0 aliphatic heterocycles. The Hall–Kier alpha value is -0.760. The minimum absolute atomic E-state index is 0.0816. The van der Waals surface area contributed by atoms with Gasteiger partial charge in [-0.05, 0) is 19.3 Å². The van der Waals surface area contributed by atoms with Gasteiger partial charge in [0.1, 0.15) is 0 Å². The van der Waals surface area contributed by atoms with Crippen molar-refractivity contribution >= 4 is 13.7 Å². The molecule has 5 N–H and O–H groups in total. The molecule has 0 heterocycles. The molecule has 340 valence electrons. The summed E-state index contributed by atoms with van der Waals surface area (Å²) in [4.78, 5) is 22.8. The summed E-state index contributed by atoms with van der Waals surface area (Å²) in [7, 11) is -4.34. The largest absolute Gasteiger partial charge is 0.472 e. The Morgan fingerprint density at radius 1 is 0.561 bits per heavy atom. The van der Waals surface area contributed by atoms with Gasteiger partial charge in [0, 0.05) is 13.0 Å². The van der Waals surface area contributed by atoms with Crippen molar-refractivity contribution in [3.63, 3.8) is 0 Å². The number of amides is 1. The van der Waals surface area contributed by atoms with Crippen LogP contribution in [0.25, 0.3) is 0 Å². The van der Waals surface area contributed by atoms with E-state index in [0.717, 1.165) is 38.5 Å². The van der Waals surface area contributed by atoms with E-state index in [4.69, 9.17) is 14.8 Å². The van der Waals surface area contributed by atoms with E-state index in [0.29, 0.717) is 6.42 Å². The fourth-order valence-corrected chi connectivity index (χ4v) is 8.36. The van der Waals surface area contributed by atoms with Gasteiger partial charge >= 0.3 is 7.82 Å². The standard InChI is InChI=1S/C48H97N2O6P/c1-3-5-7-9-11-13-15-17-19-21-22-23-24-25-26-28-30-32-34-36-38-40-42-48(52)50-46(45-56-57(53,54)55-44-43-49)47(51)41-39-37-35-33-31-29-27-20-18-16-14-12-10-8-6-4-2/h39,41,46-47,51H,3-38,40,42-45,49H2,1-2H3,(H,50,52)(H,53,54)/b41-39+/t46-,47+/m0/s1. The van der Waals surface area contributed by atoms with Crippen molar-refractivity contribution in [1.29, 1.82) is 0 Å². The lowest BCUT2D eigenvalue weighted by molar-refractivity contribution is -0.123. The van der Waals surface area contributed by atoms with Gasteiger partial charge in [-0.1, -0.05) is 244 Å². The Bertz CT molecular complexity index is 906. The van der Waals surface area contributed by atoms with Gasteiger partial charge in [-0.2, -0.15) is 0 Å². The number of carbonyl (C=O) groups excluding carboxylic acids is 1. The second-order valence-corrected chi connectivity index (χ2v) is 18.5. The van der Waals surface area contributed by atoms with Crippen LogP contribution < -0.4 is 11.1 Å². The summed E-state index contributed by atoms with van der Waals surface area (Å²) >= 11 is 0. The first-order chi connectivity index (χ1) is 27.9. The lowest BCUT2D eigenvalue weighted by Crippen LogP contribution is -2.45. The SMILES string of the molecule is CCCCCCCCCCCCCCCC/C=C/[C@@H](O)[C@H](COP(=O)(O)OCCN)NC(=O)CCCCCCCCCCCCCCCCCCCCCCCC. The lowest BCUT2D eigenvalue weighted by atomic mass is 10.0. The van der Waals surface area contributed by atoms with Crippen LogP contribution in [-0.4, -0.2) is 47.8 Å². The third kappa shape index (κ3) is 43.1. The molecule has 1 amide bonds. The maximum atomic E-state index is 12.8. The molecule has 1 unspecified atom stereocenters. The molecule has 0 saturated heterocycles. The number of carbonyl (C=O) groups is 1. The van der Waals surface area contributed by atoms with Gasteiger partial charge < -0.3 is 21.1 Å². The number of phosphoric acid groups is 1. The van der Waals surface area contributed by atoms with E-state index in [9.17, 15) is 19.4 Å². The van der Waals surface area contributed by atoms with Gasteiger partial charge in [0.2, 0.25) is 5.91 Å². The molecule has 57 heavy (non-hydrogen) atoms. The van der Waals surface area contributed by atoms with Crippen molar-refractivity contribution in [3.05, 3.63) is 12.2 Å². The predicted octanol–water partition coefficient (Wildman–Crippen LogP) is 14.3. The van der Waals surface area contributed by atoms with Gasteiger partial charge in [0.05, 0.1) is 25.4 Å². The Labute approximate surface area is 354 Å². The molecule has 0 aromatic heterocycles. The average Bonchev–Trinajstić information content (AvgIpc) is 3.20. The molecule has 0 radical (unpaired) electrons. The van der Waals surface area contributed by atoms with Crippen LogP contribution in [0, 0.1) is 0 Å². The number of hydrogen-bond acceptors (Lipinski definition) is 6. The highest BCUT2D eigenvalue weighted by molar-refractivity contribution is 7.47. The molecule has 0 aromatic rings. The van der Waals surface area contributed by atoms with E-state index in [2.05, 4.69) is 19.2 Å². The highest BCUT2D eigenvalue weighted by Gasteiger charge is 2.26. The molecule has 0 rings (SSSR count). The quantitative estimate of drug-likeness (QED) is 0.0273. The van der Waals surface area contributed by atoms with E-state index in [1.807, 2.05) is 6.08 Å². The zero-order valence-corrected chi connectivity index (χ0v) is 38.7. The predicted molar refractivity (Wildman–Crippen MR) is 245 cm³/mol. The summed E-state index contributed by atoms with van der Waals surface area (Å²) in [6.07, 6.45) is 51.3. The highest BCUT2D eigenvalue weighted by atomic mass is 31.2. The first-order valence-corrected chi connectivity index (χ1v) is 26.3. The number of nitrogens with two attached hydrogens (primary N) is 1. The Kier molecular flexibility index (Phi) is 44.2. The van der Waals surface area contributed by atoms with Gasteiger partial charge in [0.15, 0.2) is 0 Å². The summed E-state index contributed by atoms with van der Waals surface area (Å²) < 4.78 is 22.2. The number of aliphatic hydroxyl groups is 1. The fraction of sp³-hybridized carbons (Fsp3) is 0.938. The molecular weight excluding hydrogens is 732 g/mol. The first-order valence-electron chi connectivity index (χ1n) is 24.8. The molecule has 9 heteroatoms. The van der Waals surface area contributed by atoms with Crippen molar-refractivity contribution < 1.29 is 28.4 Å². The zero-order chi connectivity index (χ0) is 41.8. The number of hydrogen-bond donors (Lipinski definition) is 4. The first kappa shape index (κ1) is 56.2. The summed E-state index contributed by atoms with van der Waals surface area (Å²) in [6.45, 7) is 4.18. The molecule has 0 aliphatic rings. The molecule has 0 bridgehead atoms. The van der Waals surface area contributed by atoms with E-state index in [1.165, 1.54) is 199 Å². The topological polar surface area (TPSA) is 131 Å². The van der Waals surface area contributed by atoms with Gasteiger partial charge in [0.25, 0.3) is 0 Å². The maximum absolute atomic E-state index is 12.8. The van der Waals surface area contributed by atoms with E-state index < -0.39 is 20.0 Å². The van der Waals surface area contributed by atoms with Crippen LogP contribution in [0.3, 0.4) is 0 Å². The number of nitrogens with one attached hydrogen (secondary N) is 1. The van der Waals surface area contributed by atoms with Crippen LogP contribution in [0.2, 0.25) is 0 Å². The molecule has 0 fully saturated rings. The van der Waals surface area contributed by atoms with Crippen molar-refractivity contribution in [2.24, 2.45) is 5.73 Å². The Morgan fingerprint density at radius 3 is 1.25 bits per heavy atom. The molecule has 3 atom stereocenters. The summed E-state index contributed by atoms with van der Waals surface area (Å²) in [5.41, 5.74) is 5.39. The molecule has 0 aliphatic carbocycles. The van der Waals surface area contributed by atoms with E-state index in [1.54, 1.807) is 6.08 Å². The van der Waals surface area contributed by atoms with Crippen molar-refractivity contribution in [2.75, 3.05) is 19.8 Å². The van der Waals surface area contributed by atoms with Gasteiger partial charge in [-0.25, -0.2) is 4.57 Å². The molecule has 0 saturated carbocycles. The van der Waals surface area contributed by atoms with Crippen LogP contribution in [-0.2, 0) is 18.4 Å². The number of phosphoric ester groups is 1. The van der Waals surface area contributed by atoms with Crippen LogP contribution >= 0.6 is 7.82 Å². The average molecular weight is 829 g/mol. The maximum Gasteiger partial charge on any atom is 0.472 e. The monoisotopic (exact) mass is 829 g/mol. The van der Waals surface area contributed by atoms with Crippen LogP contribution in [0.15, 0.2) is 12.2 Å². The molecule has 8 nitrogen and oxygen atoms in total. The smallest absolute Gasteiger partial charge is 0.387 e. The molecule has 0 spiro atoms. The van der Waals surface area contributed by atoms with Crippen LogP contribution in [0.5, 0.6) is 0 Å². The van der Waals surface area contributed by atoms with Crippen LogP contribution in [0.1, 0.15) is 258 Å². The molecular formula is C48H97N2O6P. The number of allylic oxidation sites excluding steroid dienone is 1. The van der Waals surface area contributed by atoms with Crippen molar-refractivity contribution in [3.8, 4) is 0 Å².